The lowest BCUT2D eigenvalue weighted by molar-refractivity contribution is -0.0120. The van der Waals surface area contributed by atoms with Crippen molar-refractivity contribution in [3.05, 3.63) is 33.3 Å². The first-order chi connectivity index (χ1) is 8.60. The predicted octanol–water partition coefficient (Wildman–Crippen LogP) is 4.32. The van der Waals surface area contributed by atoms with Crippen LogP contribution in [0.3, 0.4) is 0 Å². The number of ether oxygens (including phenoxy) is 1. The zero-order chi connectivity index (χ0) is 13.1. The standard InChI is InChI=1S/C14H19BrClNO/c1-3-18-12-7-11(8-12)17-9(2)13-5-4-10(15)6-14(13)16/h4-6,9,11-12,17H,3,7-8H2,1-2H3. The van der Waals surface area contributed by atoms with Crippen LogP contribution in [0.25, 0.3) is 0 Å². The molecule has 1 N–H and O–H groups in total. The van der Waals surface area contributed by atoms with Crippen LogP contribution in [0.2, 0.25) is 5.02 Å². The first kappa shape index (κ1) is 14.3. The SMILES string of the molecule is CCOC1CC(NC(C)c2ccc(Br)cc2Cl)C1. The Labute approximate surface area is 122 Å². The van der Waals surface area contributed by atoms with Crippen LogP contribution in [0.15, 0.2) is 22.7 Å². The van der Waals surface area contributed by atoms with Gasteiger partial charge in [0.05, 0.1) is 6.10 Å². The van der Waals surface area contributed by atoms with Gasteiger partial charge in [-0.05, 0) is 44.4 Å². The van der Waals surface area contributed by atoms with Gasteiger partial charge in [-0.1, -0.05) is 33.6 Å². The Morgan fingerprint density at radius 2 is 2.22 bits per heavy atom. The van der Waals surface area contributed by atoms with Gasteiger partial charge in [0.25, 0.3) is 0 Å². The summed E-state index contributed by atoms with van der Waals surface area (Å²) in [6.45, 7) is 5.01. The van der Waals surface area contributed by atoms with Gasteiger partial charge in [-0.3, -0.25) is 0 Å². The molecular formula is C14H19BrClNO. The minimum absolute atomic E-state index is 0.276. The number of halogens is 2. The molecule has 0 bridgehead atoms. The quantitative estimate of drug-likeness (QED) is 0.867. The molecule has 0 aliphatic heterocycles. The number of rotatable bonds is 5. The maximum atomic E-state index is 6.25. The maximum Gasteiger partial charge on any atom is 0.0604 e. The molecule has 1 aromatic carbocycles. The van der Waals surface area contributed by atoms with Gasteiger partial charge in [-0.25, -0.2) is 0 Å². The summed E-state index contributed by atoms with van der Waals surface area (Å²) in [4.78, 5) is 0. The van der Waals surface area contributed by atoms with Gasteiger partial charge in [0.2, 0.25) is 0 Å². The summed E-state index contributed by atoms with van der Waals surface area (Å²) in [7, 11) is 0. The summed E-state index contributed by atoms with van der Waals surface area (Å²) in [5, 5.41) is 4.41. The van der Waals surface area contributed by atoms with E-state index in [1.54, 1.807) is 0 Å². The molecule has 1 aliphatic rings. The van der Waals surface area contributed by atoms with Crippen molar-refractivity contribution in [3.8, 4) is 0 Å². The van der Waals surface area contributed by atoms with Crippen molar-refractivity contribution in [2.24, 2.45) is 0 Å². The van der Waals surface area contributed by atoms with Gasteiger partial charge in [-0.15, -0.1) is 0 Å². The highest BCUT2D eigenvalue weighted by atomic mass is 79.9. The summed E-state index contributed by atoms with van der Waals surface area (Å²) in [6.07, 6.45) is 2.65. The highest BCUT2D eigenvalue weighted by molar-refractivity contribution is 9.10. The van der Waals surface area contributed by atoms with Crippen LogP contribution in [0.4, 0.5) is 0 Å². The van der Waals surface area contributed by atoms with Crippen molar-refractivity contribution in [2.45, 2.75) is 44.9 Å². The number of hydrogen-bond donors (Lipinski definition) is 1. The van der Waals surface area contributed by atoms with E-state index < -0.39 is 0 Å². The van der Waals surface area contributed by atoms with Gasteiger partial charge in [-0.2, -0.15) is 0 Å². The minimum atomic E-state index is 0.276. The van der Waals surface area contributed by atoms with E-state index in [4.69, 9.17) is 16.3 Å². The molecule has 2 nitrogen and oxygen atoms in total. The molecule has 0 heterocycles. The number of benzene rings is 1. The average Bonchev–Trinajstić information content (AvgIpc) is 2.26. The molecule has 2 rings (SSSR count). The van der Waals surface area contributed by atoms with Gasteiger partial charge in [0, 0.05) is 28.2 Å². The van der Waals surface area contributed by atoms with Crippen LogP contribution in [-0.2, 0) is 4.74 Å². The predicted molar refractivity (Wildman–Crippen MR) is 79.1 cm³/mol. The lowest BCUT2D eigenvalue weighted by atomic mass is 9.88. The van der Waals surface area contributed by atoms with Gasteiger partial charge < -0.3 is 10.1 Å². The lowest BCUT2D eigenvalue weighted by Crippen LogP contribution is -2.46. The van der Waals surface area contributed by atoms with Crippen molar-refractivity contribution in [1.82, 2.24) is 5.32 Å². The molecule has 1 atom stereocenters. The lowest BCUT2D eigenvalue weighted by Gasteiger charge is -2.37. The van der Waals surface area contributed by atoms with E-state index >= 15 is 0 Å². The van der Waals surface area contributed by atoms with Gasteiger partial charge in [0.1, 0.15) is 0 Å². The Morgan fingerprint density at radius 3 is 2.83 bits per heavy atom. The second-order valence-corrected chi connectivity index (χ2v) is 6.12. The number of nitrogens with one attached hydrogen (secondary N) is 1. The molecule has 18 heavy (non-hydrogen) atoms. The monoisotopic (exact) mass is 331 g/mol. The second kappa shape index (κ2) is 6.38. The first-order valence-electron chi connectivity index (χ1n) is 6.42. The van der Waals surface area contributed by atoms with E-state index in [1.165, 1.54) is 0 Å². The molecule has 0 spiro atoms. The van der Waals surface area contributed by atoms with E-state index in [0.29, 0.717) is 12.1 Å². The Balaban J connectivity index is 1.87. The third-order valence-electron chi connectivity index (χ3n) is 3.41. The highest BCUT2D eigenvalue weighted by Crippen LogP contribution is 2.30. The molecular weight excluding hydrogens is 314 g/mol. The molecule has 1 aromatic rings. The summed E-state index contributed by atoms with van der Waals surface area (Å²) in [6, 6.07) is 6.87. The van der Waals surface area contributed by atoms with Crippen molar-refractivity contribution in [3.63, 3.8) is 0 Å². The summed E-state index contributed by atoms with van der Waals surface area (Å²) in [5.74, 6) is 0. The van der Waals surface area contributed by atoms with Crippen LogP contribution in [-0.4, -0.2) is 18.8 Å². The van der Waals surface area contributed by atoms with Crippen LogP contribution in [0.5, 0.6) is 0 Å². The molecule has 100 valence electrons. The molecule has 0 saturated heterocycles. The molecule has 1 unspecified atom stereocenters. The largest absolute Gasteiger partial charge is 0.378 e. The van der Waals surface area contributed by atoms with Crippen molar-refractivity contribution >= 4 is 27.5 Å². The molecule has 0 radical (unpaired) electrons. The fourth-order valence-corrected chi connectivity index (χ4v) is 3.21. The highest BCUT2D eigenvalue weighted by Gasteiger charge is 2.30. The van der Waals surface area contributed by atoms with Crippen LogP contribution < -0.4 is 5.32 Å². The van der Waals surface area contributed by atoms with E-state index in [-0.39, 0.29) is 6.04 Å². The van der Waals surface area contributed by atoms with E-state index in [1.807, 2.05) is 19.1 Å². The summed E-state index contributed by atoms with van der Waals surface area (Å²) < 4.78 is 6.58. The van der Waals surface area contributed by atoms with Crippen LogP contribution in [0, 0.1) is 0 Å². The average molecular weight is 333 g/mol. The van der Waals surface area contributed by atoms with E-state index in [0.717, 1.165) is 34.5 Å². The summed E-state index contributed by atoms with van der Waals surface area (Å²) in [5.41, 5.74) is 1.15. The van der Waals surface area contributed by atoms with Crippen molar-refractivity contribution in [2.75, 3.05) is 6.61 Å². The van der Waals surface area contributed by atoms with Crippen molar-refractivity contribution < 1.29 is 4.74 Å². The maximum absolute atomic E-state index is 6.25. The Bertz CT molecular complexity index is 407. The first-order valence-corrected chi connectivity index (χ1v) is 7.59. The van der Waals surface area contributed by atoms with Gasteiger partial charge >= 0.3 is 0 Å². The molecule has 0 amide bonds. The fraction of sp³-hybridized carbons (Fsp3) is 0.571. The van der Waals surface area contributed by atoms with Crippen LogP contribution in [0.1, 0.15) is 38.3 Å². The molecule has 4 heteroatoms. The summed E-state index contributed by atoms with van der Waals surface area (Å²) >= 11 is 9.68. The molecule has 1 fully saturated rings. The third kappa shape index (κ3) is 3.47. The molecule has 1 aliphatic carbocycles. The third-order valence-corrected chi connectivity index (χ3v) is 4.23. The second-order valence-electron chi connectivity index (χ2n) is 4.80. The Kier molecular flexibility index (Phi) is 5.07. The molecule has 0 aromatic heterocycles. The Hall–Kier alpha value is -0.0900. The number of hydrogen-bond acceptors (Lipinski definition) is 2. The van der Waals surface area contributed by atoms with Crippen molar-refractivity contribution in [1.29, 1.82) is 0 Å². The van der Waals surface area contributed by atoms with E-state index in [9.17, 15) is 0 Å². The molecule has 1 saturated carbocycles. The smallest absolute Gasteiger partial charge is 0.0604 e. The normalized spacial score (nSPS) is 24.7. The van der Waals surface area contributed by atoms with Gasteiger partial charge in [0.15, 0.2) is 0 Å². The zero-order valence-electron chi connectivity index (χ0n) is 10.7. The zero-order valence-corrected chi connectivity index (χ0v) is 13.1. The van der Waals surface area contributed by atoms with E-state index in [2.05, 4.69) is 34.2 Å². The fourth-order valence-electron chi connectivity index (χ4n) is 2.37. The topological polar surface area (TPSA) is 21.3 Å². The Morgan fingerprint density at radius 1 is 1.50 bits per heavy atom. The minimum Gasteiger partial charge on any atom is -0.378 e. The van der Waals surface area contributed by atoms with Crippen LogP contribution >= 0.6 is 27.5 Å².